The zero-order valence-corrected chi connectivity index (χ0v) is 12.0. The Labute approximate surface area is 109 Å². The number of hydrogen-bond acceptors (Lipinski definition) is 4. The van der Waals surface area contributed by atoms with E-state index in [0.717, 1.165) is 31.2 Å². The molecule has 5 nitrogen and oxygen atoms in total. The molecule has 5 heteroatoms. The van der Waals surface area contributed by atoms with Crippen LogP contribution in [0.3, 0.4) is 0 Å². The minimum atomic E-state index is -0.343. The molecule has 1 aromatic rings. The van der Waals surface area contributed by atoms with Crippen LogP contribution in [0.5, 0.6) is 0 Å². The molecule has 0 radical (unpaired) electrons. The molecule has 18 heavy (non-hydrogen) atoms. The van der Waals surface area contributed by atoms with Gasteiger partial charge in [0.1, 0.15) is 5.60 Å². The van der Waals surface area contributed by atoms with Gasteiger partial charge < -0.3 is 14.6 Å². The van der Waals surface area contributed by atoms with Gasteiger partial charge in [-0.2, -0.15) is 0 Å². The van der Waals surface area contributed by atoms with Crippen LogP contribution in [0.2, 0.25) is 0 Å². The molecule has 1 aromatic heterocycles. The lowest BCUT2D eigenvalue weighted by Crippen LogP contribution is -2.39. The fourth-order valence-corrected chi connectivity index (χ4v) is 2.51. The third-order valence-electron chi connectivity index (χ3n) is 4.02. The Morgan fingerprint density at radius 1 is 1.50 bits per heavy atom. The summed E-state index contributed by atoms with van der Waals surface area (Å²) in [6, 6.07) is 0.290. The van der Waals surface area contributed by atoms with Crippen LogP contribution >= 0.6 is 0 Å². The Kier molecular flexibility index (Phi) is 3.73. The molecule has 0 bridgehead atoms. The van der Waals surface area contributed by atoms with Crippen molar-refractivity contribution < 1.29 is 4.74 Å². The number of nitrogens with one attached hydrogen (secondary N) is 1. The van der Waals surface area contributed by atoms with E-state index in [0.29, 0.717) is 5.92 Å². The van der Waals surface area contributed by atoms with Gasteiger partial charge in [0.15, 0.2) is 11.6 Å². The Balaban J connectivity index is 2.42. The predicted molar refractivity (Wildman–Crippen MR) is 70.3 cm³/mol. The van der Waals surface area contributed by atoms with Gasteiger partial charge in [-0.3, -0.25) is 0 Å². The topological polar surface area (TPSA) is 52.0 Å². The van der Waals surface area contributed by atoms with Gasteiger partial charge in [-0.05, 0) is 19.3 Å². The van der Waals surface area contributed by atoms with Gasteiger partial charge in [0.2, 0.25) is 0 Å². The molecule has 2 rings (SSSR count). The monoisotopic (exact) mass is 252 g/mol. The van der Waals surface area contributed by atoms with Gasteiger partial charge in [0.25, 0.3) is 0 Å². The first-order valence-electron chi connectivity index (χ1n) is 6.75. The SMILES string of the molecule is CCC(C)(OC)c1nnc2n1CCNC2C(C)C. The number of ether oxygens (including phenoxy) is 1. The highest BCUT2D eigenvalue weighted by Gasteiger charge is 2.35. The largest absolute Gasteiger partial charge is 0.371 e. The molecule has 1 aliphatic rings. The quantitative estimate of drug-likeness (QED) is 0.888. The van der Waals surface area contributed by atoms with Gasteiger partial charge in [-0.25, -0.2) is 0 Å². The fraction of sp³-hybridized carbons (Fsp3) is 0.846. The van der Waals surface area contributed by atoms with E-state index in [9.17, 15) is 0 Å². The van der Waals surface area contributed by atoms with Crippen molar-refractivity contribution in [3.8, 4) is 0 Å². The third kappa shape index (κ3) is 2.06. The van der Waals surface area contributed by atoms with E-state index >= 15 is 0 Å². The molecule has 0 aliphatic carbocycles. The van der Waals surface area contributed by atoms with Gasteiger partial charge >= 0.3 is 0 Å². The summed E-state index contributed by atoms with van der Waals surface area (Å²) >= 11 is 0. The Bertz CT molecular complexity index is 409. The molecule has 1 aliphatic heterocycles. The van der Waals surface area contributed by atoms with Crippen molar-refractivity contribution in [2.45, 2.75) is 52.3 Å². The second-order valence-corrected chi connectivity index (χ2v) is 5.50. The Morgan fingerprint density at radius 2 is 2.22 bits per heavy atom. The number of methoxy groups -OCH3 is 1. The molecule has 2 heterocycles. The number of fused-ring (bicyclic) bond motifs is 1. The van der Waals surface area contributed by atoms with Crippen LogP contribution in [-0.2, 0) is 16.9 Å². The lowest BCUT2D eigenvalue weighted by molar-refractivity contribution is -0.0127. The van der Waals surface area contributed by atoms with Crippen LogP contribution in [0.15, 0.2) is 0 Å². The molecule has 0 saturated heterocycles. The highest BCUT2D eigenvalue weighted by Crippen LogP contribution is 2.31. The second-order valence-electron chi connectivity index (χ2n) is 5.50. The van der Waals surface area contributed by atoms with Crippen LogP contribution in [0.4, 0.5) is 0 Å². The Morgan fingerprint density at radius 3 is 2.78 bits per heavy atom. The summed E-state index contributed by atoms with van der Waals surface area (Å²) in [5.41, 5.74) is -0.343. The number of nitrogens with zero attached hydrogens (tertiary/aromatic N) is 3. The predicted octanol–water partition coefficient (Wildman–Crippen LogP) is 1.85. The van der Waals surface area contributed by atoms with Crippen LogP contribution in [0.25, 0.3) is 0 Å². The summed E-state index contributed by atoms with van der Waals surface area (Å²) in [6.07, 6.45) is 0.890. The van der Waals surface area contributed by atoms with E-state index < -0.39 is 0 Å². The Hall–Kier alpha value is -0.940. The maximum absolute atomic E-state index is 5.65. The van der Waals surface area contributed by atoms with Gasteiger partial charge in [-0.1, -0.05) is 20.8 Å². The highest BCUT2D eigenvalue weighted by atomic mass is 16.5. The average molecular weight is 252 g/mol. The number of aromatic nitrogens is 3. The minimum Gasteiger partial charge on any atom is -0.371 e. The smallest absolute Gasteiger partial charge is 0.165 e. The van der Waals surface area contributed by atoms with Crippen LogP contribution in [0.1, 0.15) is 51.8 Å². The summed E-state index contributed by atoms with van der Waals surface area (Å²) in [6.45, 7) is 10.5. The van der Waals surface area contributed by atoms with Crippen molar-refractivity contribution >= 4 is 0 Å². The van der Waals surface area contributed by atoms with E-state index in [-0.39, 0.29) is 11.6 Å². The maximum atomic E-state index is 5.65. The van der Waals surface area contributed by atoms with Gasteiger partial charge in [-0.15, -0.1) is 10.2 Å². The van der Waals surface area contributed by atoms with Crippen molar-refractivity contribution in [1.82, 2.24) is 20.1 Å². The van der Waals surface area contributed by atoms with E-state index in [4.69, 9.17) is 4.74 Å². The molecule has 0 saturated carbocycles. The summed E-state index contributed by atoms with van der Waals surface area (Å²) in [5.74, 6) is 2.51. The molecular formula is C13H24N4O. The third-order valence-corrected chi connectivity index (χ3v) is 4.02. The molecule has 102 valence electrons. The summed E-state index contributed by atoms with van der Waals surface area (Å²) < 4.78 is 7.88. The fourth-order valence-electron chi connectivity index (χ4n) is 2.51. The molecule has 0 spiro atoms. The summed E-state index contributed by atoms with van der Waals surface area (Å²) in [7, 11) is 1.74. The van der Waals surface area contributed by atoms with E-state index in [2.05, 4.69) is 47.8 Å². The van der Waals surface area contributed by atoms with Crippen molar-refractivity contribution in [3.63, 3.8) is 0 Å². The van der Waals surface area contributed by atoms with Gasteiger partial charge in [0, 0.05) is 20.2 Å². The standard InChI is InChI=1S/C13H24N4O/c1-6-13(4,18-5)12-16-15-11-10(9(2)3)14-7-8-17(11)12/h9-10,14H,6-8H2,1-5H3. The van der Waals surface area contributed by atoms with E-state index in [1.165, 1.54) is 0 Å². The lowest BCUT2D eigenvalue weighted by atomic mass is 10.00. The first-order chi connectivity index (χ1) is 8.53. The molecule has 0 amide bonds. The summed E-state index contributed by atoms with van der Waals surface area (Å²) in [5, 5.41) is 12.3. The first kappa shape index (κ1) is 13.5. The molecular weight excluding hydrogens is 228 g/mol. The number of rotatable bonds is 4. The van der Waals surface area contributed by atoms with Crippen molar-refractivity contribution in [3.05, 3.63) is 11.6 Å². The van der Waals surface area contributed by atoms with Crippen molar-refractivity contribution in [2.75, 3.05) is 13.7 Å². The van der Waals surface area contributed by atoms with Crippen molar-refractivity contribution in [1.29, 1.82) is 0 Å². The van der Waals surface area contributed by atoms with Crippen LogP contribution < -0.4 is 5.32 Å². The molecule has 0 aromatic carbocycles. The maximum Gasteiger partial charge on any atom is 0.165 e. The lowest BCUT2D eigenvalue weighted by Gasteiger charge is -2.31. The molecule has 2 atom stereocenters. The normalized spacial score (nSPS) is 22.9. The zero-order valence-electron chi connectivity index (χ0n) is 12.0. The zero-order chi connectivity index (χ0) is 13.3. The molecule has 2 unspecified atom stereocenters. The second kappa shape index (κ2) is 4.97. The minimum absolute atomic E-state index is 0.290. The molecule has 0 fully saturated rings. The molecule has 1 N–H and O–H groups in total. The van der Waals surface area contributed by atoms with Crippen LogP contribution in [0, 0.1) is 5.92 Å². The van der Waals surface area contributed by atoms with Crippen molar-refractivity contribution in [2.24, 2.45) is 5.92 Å². The van der Waals surface area contributed by atoms with E-state index in [1.807, 2.05) is 0 Å². The van der Waals surface area contributed by atoms with Gasteiger partial charge in [0.05, 0.1) is 6.04 Å². The highest BCUT2D eigenvalue weighted by molar-refractivity contribution is 5.10. The van der Waals surface area contributed by atoms with Crippen LogP contribution in [-0.4, -0.2) is 28.4 Å². The average Bonchev–Trinajstić information content (AvgIpc) is 2.81. The first-order valence-corrected chi connectivity index (χ1v) is 6.75. The number of hydrogen-bond donors (Lipinski definition) is 1. The summed E-state index contributed by atoms with van der Waals surface area (Å²) in [4.78, 5) is 0. The van der Waals surface area contributed by atoms with E-state index in [1.54, 1.807) is 7.11 Å².